The zero-order chi connectivity index (χ0) is 37.1. The van der Waals surface area contributed by atoms with E-state index in [0.717, 1.165) is 18.2 Å². The number of allylic oxidation sites excluding steroid dienone is 4. The van der Waals surface area contributed by atoms with Crippen LogP contribution in [0.25, 0.3) is 0 Å². The Hall–Kier alpha value is -4.99. The van der Waals surface area contributed by atoms with Gasteiger partial charge in [-0.05, 0) is 0 Å². The Morgan fingerprint density at radius 3 is 1.77 bits per heavy atom. The van der Waals surface area contributed by atoms with Gasteiger partial charge in [-0.1, -0.05) is 0 Å². The van der Waals surface area contributed by atoms with Gasteiger partial charge in [0.1, 0.15) is 0 Å². The molecule has 1 fully saturated rings. The van der Waals surface area contributed by atoms with Crippen LogP contribution in [0.4, 0.5) is 26.3 Å². The van der Waals surface area contributed by atoms with Crippen LogP contribution in [0.5, 0.6) is 5.75 Å². The molecule has 52 heavy (non-hydrogen) atoms. The number of rotatable bonds is 8. The van der Waals surface area contributed by atoms with Gasteiger partial charge in [-0.15, -0.1) is 0 Å². The number of carbonyl (C=O) groups excluding carboxylic acids is 4. The summed E-state index contributed by atoms with van der Waals surface area (Å²) < 4.78 is 84.4. The number of hydrogen-bond acceptors (Lipinski definition) is 7. The minimum atomic E-state index is -4.59. The quantitative estimate of drug-likeness (QED) is 0.142. The molecule has 0 aliphatic heterocycles. The summed E-state index contributed by atoms with van der Waals surface area (Å²) in [5, 5.41) is 0. The second-order valence-corrected chi connectivity index (χ2v) is 15.0. The fraction of sp³-hybridized carbons (Fsp3) is 0.211. The van der Waals surface area contributed by atoms with Gasteiger partial charge in [-0.2, -0.15) is 13.2 Å². The fourth-order valence-electron chi connectivity index (χ4n) is 6.33. The first kappa shape index (κ1) is 35.4. The summed E-state index contributed by atoms with van der Waals surface area (Å²) in [4.78, 5) is 62.5. The van der Waals surface area contributed by atoms with Crippen LogP contribution >= 0.6 is 0 Å². The van der Waals surface area contributed by atoms with Crippen molar-refractivity contribution in [1.82, 2.24) is 9.97 Å². The molecule has 3 aliphatic rings. The molecular formula is C38H24F6IN2O5-. The number of halogens is 7. The standard InChI is InChI=1S/C38H24F6IN2O5/c1-18-26(13-21-11-9-19(16-46-21)37(39,40)41)35(50)25-7-4-8-30(32(25)33(18)48)52-45-29-15-27(29)31-28(14-22-12-10-20(17-47-22)38(42,43)44)34(49)23-5-2-3-6-24(23)36(31)51/h2-12,16-17,27,29H,13-15H2,1H3/q-1. The van der Waals surface area contributed by atoms with E-state index in [9.17, 15) is 45.5 Å². The minimum absolute atomic E-state index is 0.0668. The second kappa shape index (κ2) is 13.2. The van der Waals surface area contributed by atoms with E-state index in [4.69, 9.17) is 3.07 Å². The van der Waals surface area contributed by atoms with Crippen molar-refractivity contribution in [3.05, 3.63) is 146 Å². The van der Waals surface area contributed by atoms with Gasteiger partial charge in [0.25, 0.3) is 0 Å². The van der Waals surface area contributed by atoms with Gasteiger partial charge >= 0.3 is 290 Å². The molecule has 2 heterocycles. The van der Waals surface area contributed by atoms with E-state index in [1.807, 2.05) is 0 Å². The van der Waals surface area contributed by atoms with Gasteiger partial charge in [-0.25, -0.2) is 0 Å². The topological polar surface area (TPSA) is 103 Å². The molecule has 0 saturated heterocycles. The molecule has 266 valence electrons. The van der Waals surface area contributed by atoms with Gasteiger partial charge < -0.3 is 0 Å². The van der Waals surface area contributed by atoms with Gasteiger partial charge in [0.15, 0.2) is 0 Å². The van der Waals surface area contributed by atoms with Crippen LogP contribution in [0.1, 0.15) is 77.3 Å². The van der Waals surface area contributed by atoms with Crippen molar-refractivity contribution in [3.8, 4) is 5.75 Å². The predicted molar refractivity (Wildman–Crippen MR) is 168 cm³/mol. The predicted octanol–water partition coefficient (Wildman–Crippen LogP) is 4.84. The molecule has 0 spiro atoms. The normalized spacial score (nSPS) is 18.9. The number of benzene rings is 2. The van der Waals surface area contributed by atoms with Crippen molar-refractivity contribution in [2.24, 2.45) is 5.92 Å². The average molecular weight is 830 g/mol. The van der Waals surface area contributed by atoms with E-state index >= 15 is 0 Å². The molecule has 4 aromatic rings. The van der Waals surface area contributed by atoms with Crippen LogP contribution in [0.15, 0.2) is 101 Å². The molecule has 2 unspecified atom stereocenters. The Labute approximate surface area is 302 Å². The van der Waals surface area contributed by atoms with Crippen molar-refractivity contribution < 1.29 is 70.2 Å². The summed E-state index contributed by atoms with van der Waals surface area (Å²) in [7, 11) is 0. The van der Waals surface area contributed by atoms with Crippen LogP contribution in [0.3, 0.4) is 0 Å². The summed E-state index contributed by atoms with van der Waals surface area (Å²) in [6.45, 7) is 1.47. The molecule has 7 rings (SSSR count). The molecular weight excluding hydrogens is 805 g/mol. The molecule has 0 radical (unpaired) electrons. The van der Waals surface area contributed by atoms with Gasteiger partial charge in [0, 0.05) is 0 Å². The Morgan fingerprint density at radius 2 is 1.21 bits per heavy atom. The summed E-state index contributed by atoms with van der Waals surface area (Å²) >= 11 is -1.22. The maximum atomic E-state index is 13.8. The monoisotopic (exact) mass is 829 g/mol. The van der Waals surface area contributed by atoms with Crippen LogP contribution in [-0.2, 0) is 25.2 Å². The first-order chi connectivity index (χ1) is 24.6. The zero-order valence-electron chi connectivity index (χ0n) is 26.9. The number of Topliss-reactive ketones (excluding diaryl/α,β-unsaturated/α-hetero) is 4. The average Bonchev–Trinajstić information content (AvgIpc) is 3.89. The number of carbonyl (C=O) groups is 4. The van der Waals surface area contributed by atoms with E-state index in [1.54, 1.807) is 30.3 Å². The first-order valence-electron chi connectivity index (χ1n) is 15.8. The van der Waals surface area contributed by atoms with Gasteiger partial charge in [0.05, 0.1) is 0 Å². The molecule has 0 N–H and O–H groups in total. The Bertz CT molecular complexity index is 2240. The SMILES string of the molecule is CC1=C(Cc2ccc(C(F)(F)F)cn2)C(=O)c2cccc(O[I-]C3CC3C3=C(Cc4ccc(C(F)(F)F)cn4)C(=O)c4ccccc4C3=O)c2C1=O. The number of fused-ring (bicyclic) bond motifs is 2. The molecule has 1 saturated carbocycles. The summed E-state index contributed by atoms with van der Waals surface area (Å²) in [5.74, 6) is -1.88. The molecule has 2 atom stereocenters. The van der Waals surface area contributed by atoms with E-state index < -0.39 is 62.4 Å². The van der Waals surface area contributed by atoms with E-state index in [2.05, 4.69) is 9.97 Å². The Balaban J connectivity index is 1.11. The maximum absolute atomic E-state index is 13.8. The molecule has 2 aromatic carbocycles. The molecule has 3 aliphatic carbocycles. The van der Waals surface area contributed by atoms with Crippen LogP contribution in [0.2, 0.25) is 0 Å². The van der Waals surface area contributed by atoms with Crippen molar-refractivity contribution in [2.45, 2.75) is 42.5 Å². The molecule has 14 heteroatoms. The zero-order valence-corrected chi connectivity index (χ0v) is 29.0. The Kier molecular flexibility index (Phi) is 8.99. The molecule has 7 nitrogen and oxygen atoms in total. The third-order valence-corrected chi connectivity index (χ3v) is 11.9. The van der Waals surface area contributed by atoms with Crippen LogP contribution in [0, 0.1) is 5.92 Å². The molecule has 0 bridgehead atoms. The molecule has 2 aromatic heterocycles. The second-order valence-electron chi connectivity index (χ2n) is 12.5. The summed E-state index contributed by atoms with van der Waals surface area (Å²) in [6, 6.07) is 15.0. The molecule has 0 amide bonds. The number of alkyl halides is 7. The van der Waals surface area contributed by atoms with Crippen molar-refractivity contribution in [2.75, 3.05) is 0 Å². The Morgan fingerprint density at radius 1 is 0.673 bits per heavy atom. The number of ketones is 4. The van der Waals surface area contributed by atoms with E-state index in [0.29, 0.717) is 18.8 Å². The van der Waals surface area contributed by atoms with Crippen molar-refractivity contribution >= 4 is 23.1 Å². The first-order valence-corrected chi connectivity index (χ1v) is 17.9. The van der Waals surface area contributed by atoms with E-state index in [-0.39, 0.29) is 90.2 Å². The van der Waals surface area contributed by atoms with Crippen LogP contribution < -0.4 is 24.7 Å². The fourth-order valence-corrected chi connectivity index (χ4v) is 8.76. The number of hydrogen-bond donors (Lipinski definition) is 0. The number of pyridine rings is 2. The summed E-state index contributed by atoms with van der Waals surface area (Å²) in [6.07, 6.45) is -7.59. The van der Waals surface area contributed by atoms with Gasteiger partial charge in [0.2, 0.25) is 0 Å². The van der Waals surface area contributed by atoms with Crippen molar-refractivity contribution in [3.63, 3.8) is 0 Å². The van der Waals surface area contributed by atoms with E-state index in [1.165, 1.54) is 25.1 Å². The third kappa shape index (κ3) is 6.59. The summed E-state index contributed by atoms with van der Waals surface area (Å²) in [5.41, 5.74) is -0.216. The number of nitrogens with zero attached hydrogens (tertiary/aromatic N) is 2. The van der Waals surface area contributed by atoms with Gasteiger partial charge in [-0.3, -0.25) is 0 Å². The van der Waals surface area contributed by atoms with Crippen molar-refractivity contribution in [1.29, 1.82) is 0 Å². The third-order valence-electron chi connectivity index (χ3n) is 9.17. The van der Waals surface area contributed by atoms with Crippen LogP contribution in [-0.4, -0.2) is 37.0 Å². The number of aromatic nitrogens is 2.